The Bertz CT molecular complexity index is 264. The average Bonchev–Trinajstić information content (AvgIpc) is 2.99. The van der Waals surface area contributed by atoms with Crippen molar-refractivity contribution in [3.05, 3.63) is 17.8 Å². The highest BCUT2D eigenvalue weighted by atomic mass is 15.2. The molecule has 1 heterocycles. The van der Waals surface area contributed by atoms with E-state index >= 15 is 0 Å². The van der Waals surface area contributed by atoms with E-state index in [1.54, 1.807) is 0 Å². The minimum absolute atomic E-state index is 0.702. The summed E-state index contributed by atoms with van der Waals surface area (Å²) in [7, 11) is 0. The molecule has 0 saturated heterocycles. The van der Waals surface area contributed by atoms with E-state index < -0.39 is 0 Å². The Hall–Kier alpha value is -1.12. The highest BCUT2D eigenvalue weighted by Gasteiger charge is 2.24. The van der Waals surface area contributed by atoms with Gasteiger partial charge in [0.05, 0.1) is 5.69 Å². The molecule has 0 amide bonds. The summed E-state index contributed by atoms with van der Waals surface area (Å²) in [6, 6.07) is 4.11. The van der Waals surface area contributed by atoms with E-state index in [9.17, 15) is 0 Å². The van der Waals surface area contributed by atoms with Crippen molar-refractivity contribution in [2.24, 2.45) is 0 Å². The summed E-state index contributed by atoms with van der Waals surface area (Å²) in [5, 5.41) is 11.5. The summed E-state index contributed by atoms with van der Waals surface area (Å²) < 4.78 is 0. The lowest BCUT2D eigenvalue weighted by Gasteiger charge is -2.02. The molecule has 0 atom stereocenters. The zero-order valence-electron chi connectivity index (χ0n) is 7.95. The minimum atomic E-state index is 0.702. The smallest absolute Gasteiger partial charge is 0.148 e. The second-order valence-electron chi connectivity index (χ2n) is 3.54. The molecule has 0 aliphatic heterocycles. The van der Waals surface area contributed by atoms with Gasteiger partial charge in [-0.1, -0.05) is 6.92 Å². The van der Waals surface area contributed by atoms with E-state index in [4.69, 9.17) is 0 Å². The van der Waals surface area contributed by atoms with Gasteiger partial charge in [0.1, 0.15) is 5.82 Å². The van der Waals surface area contributed by atoms with Crippen molar-refractivity contribution in [2.75, 3.05) is 11.9 Å². The third-order valence-electron chi connectivity index (χ3n) is 2.24. The number of hydrogen-bond acceptors (Lipinski definition) is 3. The van der Waals surface area contributed by atoms with Gasteiger partial charge in [0.2, 0.25) is 0 Å². The fourth-order valence-corrected chi connectivity index (χ4v) is 1.29. The number of hydrogen-bond donors (Lipinski definition) is 1. The normalized spacial score (nSPS) is 15.8. The first kappa shape index (κ1) is 8.48. The van der Waals surface area contributed by atoms with Crippen LogP contribution in [0, 0.1) is 0 Å². The van der Waals surface area contributed by atoms with Gasteiger partial charge in [-0.05, 0) is 31.4 Å². The van der Waals surface area contributed by atoms with Crippen LogP contribution in [0.15, 0.2) is 12.1 Å². The molecule has 0 aromatic carbocycles. The Morgan fingerprint density at radius 3 is 2.77 bits per heavy atom. The largest absolute Gasteiger partial charge is 0.369 e. The lowest BCUT2D eigenvalue weighted by Crippen LogP contribution is -2.03. The molecule has 1 saturated carbocycles. The summed E-state index contributed by atoms with van der Waals surface area (Å²) in [6.07, 6.45) is 3.69. The lowest BCUT2D eigenvalue weighted by molar-refractivity contribution is 0.893. The Morgan fingerprint density at radius 2 is 2.23 bits per heavy atom. The molecule has 3 nitrogen and oxygen atoms in total. The van der Waals surface area contributed by atoms with Crippen molar-refractivity contribution in [2.45, 2.75) is 32.1 Å². The van der Waals surface area contributed by atoms with Crippen molar-refractivity contribution in [1.82, 2.24) is 10.2 Å². The topological polar surface area (TPSA) is 37.8 Å². The highest BCUT2D eigenvalue weighted by Crippen LogP contribution is 2.38. The zero-order valence-corrected chi connectivity index (χ0v) is 7.95. The molecule has 1 N–H and O–H groups in total. The second kappa shape index (κ2) is 3.73. The molecular weight excluding hydrogens is 162 g/mol. The first-order valence-electron chi connectivity index (χ1n) is 4.97. The summed E-state index contributed by atoms with van der Waals surface area (Å²) in [6.45, 7) is 3.11. The van der Waals surface area contributed by atoms with Crippen molar-refractivity contribution >= 4 is 5.82 Å². The standard InChI is InChI=1S/C10H15N3/c1-2-7-11-10-6-5-9(12-13-10)8-3-4-8/h5-6,8H,2-4,7H2,1H3,(H,11,13). The first-order valence-corrected chi connectivity index (χ1v) is 4.97. The highest BCUT2D eigenvalue weighted by molar-refractivity contribution is 5.33. The summed E-state index contributed by atoms with van der Waals surface area (Å²) in [5.74, 6) is 1.60. The van der Waals surface area contributed by atoms with Gasteiger partial charge in [0.15, 0.2) is 0 Å². The molecule has 1 aromatic heterocycles. The van der Waals surface area contributed by atoms with Gasteiger partial charge in [-0.15, -0.1) is 5.10 Å². The third kappa shape index (κ3) is 2.17. The molecule has 2 rings (SSSR count). The molecule has 0 unspecified atom stereocenters. The molecular formula is C10H15N3. The SMILES string of the molecule is CCCNc1ccc(C2CC2)nn1. The maximum Gasteiger partial charge on any atom is 0.148 e. The van der Waals surface area contributed by atoms with Crippen molar-refractivity contribution in [3.8, 4) is 0 Å². The third-order valence-corrected chi connectivity index (χ3v) is 2.24. The predicted octanol–water partition coefficient (Wildman–Crippen LogP) is 2.18. The zero-order chi connectivity index (χ0) is 9.10. The first-order chi connectivity index (χ1) is 6.40. The van der Waals surface area contributed by atoms with Crippen molar-refractivity contribution in [3.63, 3.8) is 0 Å². The van der Waals surface area contributed by atoms with E-state index in [0.29, 0.717) is 5.92 Å². The van der Waals surface area contributed by atoms with Gasteiger partial charge in [0, 0.05) is 12.5 Å². The van der Waals surface area contributed by atoms with Gasteiger partial charge in [-0.2, -0.15) is 5.10 Å². The van der Waals surface area contributed by atoms with Crippen LogP contribution in [0.1, 0.15) is 37.8 Å². The number of anilines is 1. The van der Waals surface area contributed by atoms with Gasteiger partial charge in [-0.25, -0.2) is 0 Å². The molecule has 1 aromatic rings. The van der Waals surface area contributed by atoms with Gasteiger partial charge in [-0.3, -0.25) is 0 Å². The van der Waals surface area contributed by atoms with E-state index in [1.165, 1.54) is 12.8 Å². The fraction of sp³-hybridized carbons (Fsp3) is 0.600. The van der Waals surface area contributed by atoms with Crippen LogP contribution in [0.5, 0.6) is 0 Å². The molecule has 1 fully saturated rings. The maximum atomic E-state index is 4.18. The number of rotatable bonds is 4. The molecule has 0 bridgehead atoms. The average molecular weight is 177 g/mol. The summed E-state index contributed by atoms with van der Waals surface area (Å²) in [4.78, 5) is 0. The van der Waals surface area contributed by atoms with E-state index in [2.05, 4.69) is 28.5 Å². The van der Waals surface area contributed by atoms with Gasteiger partial charge >= 0.3 is 0 Å². The molecule has 3 heteroatoms. The van der Waals surface area contributed by atoms with Crippen LogP contribution in [-0.4, -0.2) is 16.7 Å². The molecule has 1 aliphatic carbocycles. The molecule has 0 spiro atoms. The monoisotopic (exact) mass is 177 g/mol. The van der Waals surface area contributed by atoms with Crippen LogP contribution in [0.2, 0.25) is 0 Å². The van der Waals surface area contributed by atoms with E-state index in [1.807, 2.05) is 6.07 Å². The molecule has 1 aliphatic rings. The van der Waals surface area contributed by atoms with E-state index in [0.717, 1.165) is 24.5 Å². The lowest BCUT2D eigenvalue weighted by atomic mass is 10.3. The predicted molar refractivity (Wildman–Crippen MR) is 52.8 cm³/mol. The van der Waals surface area contributed by atoms with Crippen molar-refractivity contribution < 1.29 is 0 Å². The quantitative estimate of drug-likeness (QED) is 0.766. The van der Waals surface area contributed by atoms with Gasteiger partial charge < -0.3 is 5.32 Å². The number of nitrogens with zero attached hydrogens (tertiary/aromatic N) is 2. The Kier molecular flexibility index (Phi) is 2.43. The van der Waals surface area contributed by atoms with Crippen LogP contribution in [0.4, 0.5) is 5.82 Å². The van der Waals surface area contributed by atoms with Crippen LogP contribution in [-0.2, 0) is 0 Å². The molecule has 13 heavy (non-hydrogen) atoms. The summed E-state index contributed by atoms with van der Waals surface area (Å²) >= 11 is 0. The maximum absolute atomic E-state index is 4.18. The fourth-order valence-electron chi connectivity index (χ4n) is 1.29. The van der Waals surface area contributed by atoms with Gasteiger partial charge in [0.25, 0.3) is 0 Å². The van der Waals surface area contributed by atoms with Crippen molar-refractivity contribution in [1.29, 1.82) is 0 Å². The minimum Gasteiger partial charge on any atom is -0.369 e. The Morgan fingerprint density at radius 1 is 1.38 bits per heavy atom. The Balaban J connectivity index is 1.96. The molecule has 0 radical (unpaired) electrons. The number of aromatic nitrogens is 2. The van der Waals surface area contributed by atoms with Crippen LogP contribution < -0.4 is 5.32 Å². The van der Waals surface area contributed by atoms with Crippen LogP contribution in [0.3, 0.4) is 0 Å². The van der Waals surface area contributed by atoms with Crippen LogP contribution in [0.25, 0.3) is 0 Å². The second-order valence-corrected chi connectivity index (χ2v) is 3.54. The Labute approximate surface area is 78.6 Å². The summed E-state index contributed by atoms with van der Waals surface area (Å²) in [5.41, 5.74) is 1.15. The number of nitrogens with one attached hydrogen (secondary N) is 1. The van der Waals surface area contributed by atoms with E-state index in [-0.39, 0.29) is 0 Å². The molecule has 70 valence electrons. The van der Waals surface area contributed by atoms with Crippen LogP contribution >= 0.6 is 0 Å².